The molecular weight excluding hydrogens is 483 g/mol. The van der Waals surface area contributed by atoms with Crippen LogP contribution in [0.2, 0.25) is 5.15 Å². The van der Waals surface area contributed by atoms with Crippen molar-refractivity contribution in [2.45, 2.75) is 0 Å². The van der Waals surface area contributed by atoms with E-state index in [9.17, 15) is 9.18 Å². The summed E-state index contributed by atoms with van der Waals surface area (Å²) in [7, 11) is 1.44. The minimum atomic E-state index is -0.683. The number of rotatable bonds is 6. The Bertz CT molecular complexity index is 1610. The maximum Gasteiger partial charge on any atom is 0.258 e. The third-order valence-electron chi connectivity index (χ3n) is 5.56. The highest BCUT2D eigenvalue weighted by molar-refractivity contribution is 6.32. The van der Waals surface area contributed by atoms with Crippen molar-refractivity contribution in [3.05, 3.63) is 94.7 Å². The van der Waals surface area contributed by atoms with Crippen LogP contribution >= 0.6 is 11.6 Å². The Labute approximate surface area is 210 Å². The fourth-order valence-electron chi connectivity index (χ4n) is 3.73. The number of aromatic nitrogens is 4. The van der Waals surface area contributed by atoms with Crippen molar-refractivity contribution < 1.29 is 13.9 Å². The summed E-state index contributed by atoms with van der Waals surface area (Å²) in [6, 6.07) is 18.7. The number of carbonyl (C=O) groups is 1. The van der Waals surface area contributed by atoms with Gasteiger partial charge in [0, 0.05) is 10.9 Å². The van der Waals surface area contributed by atoms with Crippen molar-refractivity contribution in [2.24, 2.45) is 0 Å². The van der Waals surface area contributed by atoms with Crippen molar-refractivity contribution in [3.63, 3.8) is 0 Å². The number of methoxy groups -OCH3 is 1. The molecule has 0 saturated carbocycles. The molecule has 0 unspecified atom stereocenters. The van der Waals surface area contributed by atoms with E-state index in [1.165, 1.54) is 25.3 Å². The number of nitrogen functional groups attached to an aromatic ring is 1. The third kappa shape index (κ3) is 4.51. The van der Waals surface area contributed by atoms with Crippen LogP contribution in [0.15, 0.2) is 66.7 Å². The molecule has 10 heteroatoms. The number of nitrogens with two attached hydrogens (primary N) is 1. The molecule has 36 heavy (non-hydrogen) atoms. The van der Waals surface area contributed by atoms with E-state index in [-0.39, 0.29) is 10.7 Å². The van der Waals surface area contributed by atoms with Crippen LogP contribution in [0.3, 0.4) is 0 Å². The number of imidazole rings is 1. The van der Waals surface area contributed by atoms with E-state index < -0.39 is 11.7 Å². The number of hydrogen-bond donors (Lipinski definition) is 4. The van der Waals surface area contributed by atoms with Crippen LogP contribution in [0.1, 0.15) is 21.7 Å². The van der Waals surface area contributed by atoms with Crippen molar-refractivity contribution in [1.82, 2.24) is 25.5 Å². The van der Waals surface area contributed by atoms with E-state index in [1.54, 1.807) is 6.08 Å². The molecule has 0 saturated heterocycles. The zero-order chi connectivity index (χ0) is 25.2. The van der Waals surface area contributed by atoms with E-state index in [4.69, 9.17) is 22.1 Å². The summed E-state index contributed by atoms with van der Waals surface area (Å²) in [5.41, 5.74) is 8.68. The quantitative estimate of drug-likeness (QED) is 0.252. The molecule has 0 fully saturated rings. The Morgan fingerprint density at radius 3 is 2.72 bits per heavy atom. The average molecular weight is 503 g/mol. The second-order valence-electron chi connectivity index (χ2n) is 7.89. The van der Waals surface area contributed by atoms with Gasteiger partial charge in [0.15, 0.2) is 11.6 Å². The van der Waals surface area contributed by atoms with Gasteiger partial charge in [-0.3, -0.25) is 9.89 Å². The van der Waals surface area contributed by atoms with Crippen LogP contribution in [-0.4, -0.2) is 33.2 Å². The van der Waals surface area contributed by atoms with Gasteiger partial charge >= 0.3 is 0 Å². The monoisotopic (exact) mass is 502 g/mol. The van der Waals surface area contributed by atoms with E-state index in [2.05, 4.69) is 25.5 Å². The molecule has 0 aliphatic heterocycles. The number of nitrogens with one attached hydrogen (secondary N) is 3. The van der Waals surface area contributed by atoms with Gasteiger partial charge in [-0.15, -0.1) is 0 Å². The molecule has 0 radical (unpaired) electrons. The summed E-state index contributed by atoms with van der Waals surface area (Å²) in [6.45, 7) is 0. The number of ether oxygens (including phenoxy) is 1. The van der Waals surface area contributed by atoms with Gasteiger partial charge < -0.3 is 20.8 Å². The predicted molar refractivity (Wildman–Crippen MR) is 138 cm³/mol. The highest BCUT2D eigenvalue weighted by atomic mass is 35.5. The van der Waals surface area contributed by atoms with Gasteiger partial charge in [0.1, 0.15) is 22.4 Å². The molecule has 0 spiro atoms. The number of aromatic amines is 2. The van der Waals surface area contributed by atoms with E-state index >= 15 is 0 Å². The van der Waals surface area contributed by atoms with Gasteiger partial charge in [0.05, 0.1) is 23.9 Å². The Morgan fingerprint density at radius 1 is 1.14 bits per heavy atom. The van der Waals surface area contributed by atoms with Gasteiger partial charge in [0.2, 0.25) is 0 Å². The molecule has 1 amide bonds. The molecular formula is C26H20ClFN6O2. The number of benzene rings is 3. The van der Waals surface area contributed by atoms with Crippen LogP contribution < -0.4 is 15.8 Å². The molecule has 180 valence electrons. The summed E-state index contributed by atoms with van der Waals surface area (Å²) >= 11 is 6.52. The maximum atomic E-state index is 14.5. The van der Waals surface area contributed by atoms with Crippen molar-refractivity contribution >= 4 is 46.0 Å². The molecule has 8 nitrogen and oxygen atoms in total. The number of H-pyrrole nitrogens is 2. The maximum absolute atomic E-state index is 14.5. The van der Waals surface area contributed by atoms with Crippen LogP contribution in [0.5, 0.6) is 5.75 Å². The number of amides is 1. The van der Waals surface area contributed by atoms with Crippen LogP contribution in [0.4, 0.5) is 10.2 Å². The SMILES string of the molecule is COc1ccc(F)c(C(=O)NC(=Cc2ccccc2)c2nc(-c3ccc4c(N)n[nH]c4c3)c(Cl)[nH]2)c1. The second-order valence-corrected chi connectivity index (χ2v) is 8.26. The van der Waals surface area contributed by atoms with Crippen LogP contribution in [0.25, 0.3) is 33.9 Å². The highest BCUT2D eigenvalue weighted by Crippen LogP contribution is 2.31. The van der Waals surface area contributed by atoms with Crippen molar-refractivity contribution in [2.75, 3.05) is 12.8 Å². The molecule has 5 N–H and O–H groups in total. The smallest absolute Gasteiger partial charge is 0.258 e. The lowest BCUT2D eigenvalue weighted by Gasteiger charge is -2.10. The van der Waals surface area contributed by atoms with E-state index in [0.29, 0.717) is 34.3 Å². The Hall–Kier alpha value is -4.63. The first-order chi connectivity index (χ1) is 17.4. The zero-order valence-electron chi connectivity index (χ0n) is 19.0. The summed E-state index contributed by atoms with van der Waals surface area (Å²) in [5.74, 6) is -0.311. The molecule has 5 aromatic rings. The van der Waals surface area contributed by atoms with Gasteiger partial charge in [-0.25, -0.2) is 9.37 Å². The molecule has 5 rings (SSSR count). The Morgan fingerprint density at radius 2 is 1.94 bits per heavy atom. The minimum Gasteiger partial charge on any atom is -0.497 e. The first kappa shape index (κ1) is 23.1. The lowest BCUT2D eigenvalue weighted by Crippen LogP contribution is -2.23. The molecule has 2 heterocycles. The zero-order valence-corrected chi connectivity index (χ0v) is 19.7. The number of fused-ring (bicyclic) bond motifs is 1. The molecule has 3 aromatic carbocycles. The molecule has 2 aromatic heterocycles. The molecule has 0 aliphatic carbocycles. The number of hydrogen-bond acceptors (Lipinski definition) is 5. The third-order valence-corrected chi connectivity index (χ3v) is 5.83. The fraction of sp³-hybridized carbons (Fsp3) is 0.0385. The van der Waals surface area contributed by atoms with E-state index in [1.807, 2.05) is 48.5 Å². The first-order valence-electron chi connectivity index (χ1n) is 10.8. The number of carbonyl (C=O) groups excluding carboxylic acids is 1. The van der Waals surface area contributed by atoms with Gasteiger partial charge in [-0.05, 0) is 42.0 Å². The van der Waals surface area contributed by atoms with E-state index in [0.717, 1.165) is 16.5 Å². The lowest BCUT2D eigenvalue weighted by atomic mass is 10.1. The van der Waals surface area contributed by atoms with Crippen molar-refractivity contribution in [1.29, 1.82) is 0 Å². The number of halogens is 2. The summed E-state index contributed by atoms with van der Waals surface area (Å²) in [6.07, 6.45) is 1.72. The lowest BCUT2D eigenvalue weighted by molar-refractivity contribution is 0.0969. The number of nitrogens with zero attached hydrogens (tertiary/aromatic N) is 2. The van der Waals surface area contributed by atoms with Crippen LogP contribution in [0, 0.1) is 5.82 Å². The normalized spacial score (nSPS) is 11.6. The van der Waals surface area contributed by atoms with Gasteiger partial charge in [0.25, 0.3) is 5.91 Å². The Balaban J connectivity index is 1.55. The van der Waals surface area contributed by atoms with Crippen molar-refractivity contribution in [3.8, 4) is 17.0 Å². The second kappa shape index (κ2) is 9.55. The highest BCUT2D eigenvalue weighted by Gasteiger charge is 2.19. The summed E-state index contributed by atoms with van der Waals surface area (Å²) in [4.78, 5) is 20.7. The van der Waals surface area contributed by atoms with Gasteiger partial charge in [-0.2, -0.15) is 5.10 Å². The minimum absolute atomic E-state index is 0.173. The largest absolute Gasteiger partial charge is 0.497 e. The van der Waals surface area contributed by atoms with Gasteiger partial charge in [-0.1, -0.05) is 48.0 Å². The summed E-state index contributed by atoms with van der Waals surface area (Å²) < 4.78 is 19.6. The first-order valence-corrected chi connectivity index (χ1v) is 11.2. The van der Waals surface area contributed by atoms with Crippen LogP contribution in [-0.2, 0) is 0 Å². The molecule has 0 aliphatic rings. The predicted octanol–water partition coefficient (Wildman–Crippen LogP) is 5.26. The Kier molecular flexibility index (Phi) is 6.14. The molecule has 0 bridgehead atoms. The molecule has 0 atom stereocenters. The topological polar surface area (TPSA) is 122 Å². The number of anilines is 1. The summed E-state index contributed by atoms with van der Waals surface area (Å²) in [5, 5.41) is 10.7. The average Bonchev–Trinajstić information content (AvgIpc) is 3.46. The fourth-order valence-corrected chi connectivity index (χ4v) is 3.97. The standard InChI is InChI=1S/C26H20ClFN6O2/c1-36-16-8-10-19(28)18(13-16)26(35)30-21(11-14-5-3-2-4-6-14)25-31-22(23(27)32-25)15-7-9-17-20(12-15)33-34-24(17)29/h2-13H,1H3,(H,30,35)(H,31,32)(H3,29,33,34).